The Bertz CT molecular complexity index is 148. The first-order valence-electron chi connectivity index (χ1n) is 6.02. The summed E-state index contributed by atoms with van der Waals surface area (Å²) in [6, 6.07) is 0. The summed E-state index contributed by atoms with van der Waals surface area (Å²) in [5.41, 5.74) is 0. The summed E-state index contributed by atoms with van der Waals surface area (Å²) in [6.45, 7) is 12.1. The van der Waals surface area contributed by atoms with E-state index in [2.05, 4.69) is 34.6 Å². The molecule has 4 atom stereocenters. The summed E-state index contributed by atoms with van der Waals surface area (Å²) in [6.07, 6.45) is 4.40. The van der Waals surface area contributed by atoms with Crippen LogP contribution >= 0.6 is 0 Å². The lowest BCUT2D eigenvalue weighted by atomic mass is 9.68. The highest BCUT2D eigenvalue weighted by atomic mass is 14.4. The molecule has 0 heteroatoms. The fourth-order valence-electron chi connectivity index (χ4n) is 2.96. The van der Waals surface area contributed by atoms with E-state index in [4.69, 9.17) is 0 Å². The van der Waals surface area contributed by atoms with Gasteiger partial charge >= 0.3 is 0 Å². The fourth-order valence-corrected chi connectivity index (χ4v) is 2.96. The fraction of sp³-hybridized carbons (Fsp3) is 1.00. The molecule has 0 aromatic rings. The molecule has 0 amide bonds. The maximum absolute atomic E-state index is 2.46. The van der Waals surface area contributed by atoms with Crippen LogP contribution in [0.3, 0.4) is 0 Å². The van der Waals surface area contributed by atoms with Crippen molar-refractivity contribution in [2.45, 2.75) is 53.9 Å². The molecule has 0 saturated heterocycles. The van der Waals surface area contributed by atoms with E-state index in [1.807, 2.05) is 0 Å². The zero-order chi connectivity index (χ0) is 10.0. The van der Waals surface area contributed by atoms with Crippen molar-refractivity contribution in [2.75, 3.05) is 0 Å². The normalized spacial score (nSPS) is 37.8. The van der Waals surface area contributed by atoms with Crippen LogP contribution in [-0.2, 0) is 0 Å². The van der Waals surface area contributed by atoms with Gasteiger partial charge in [-0.25, -0.2) is 0 Å². The van der Waals surface area contributed by atoms with Crippen LogP contribution in [0.25, 0.3) is 0 Å². The van der Waals surface area contributed by atoms with Crippen LogP contribution in [-0.4, -0.2) is 0 Å². The van der Waals surface area contributed by atoms with Gasteiger partial charge in [0.25, 0.3) is 0 Å². The predicted octanol–water partition coefficient (Wildman–Crippen LogP) is 4.35. The van der Waals surface area contributed by atoms with Crippen molar-refractivity contribution in [3.63, 3.8) is 0 Å². The Kier molecular flexibility index (Phi) is 3.82. The van der Waals surface area contributed by atoms with Gasteiger partial charge < -0.3 is 0 Å². The molecule has 1 rings (SSSR count). The maximum Gasteiger partial charge on any atom is -0.0360 e. The minimum absolute atomic E-state index is 0.862. The van der Waals surface area contributed by atoms with Crippen molar-refractivity contribution in [3.05, 3.63) is 0 Å². The summed E-state index contributed by atoms with van der Waals surface area (Å²) >= 11 is 0. The van der Waals surface area contributed by atoms with Crippen LogP contribution in [0.2, 0.25) is 0 Å². The molecular formula is C13H26. The first-order chi connectivity index (χ1) is 6.02. The SMILES string of the molecule is CC1CCC(C(C)C(C)C)C(C)C1. The third-order valence-corrected chi connectivity index (χ3v) is 4.22. The molecule has 1 saturated carbocycles. The minimum atomic E-state index is 0.862. The standard InChI is InChI=1S/C13H26/c1-9(2)12(5)13-7-6-10(3)8-11(13)4/h9-13H,6-8H2,1-5H3. The van der Waals surface area contributed by atoms with E-state index < -0.39 is 0 Å². The molecule has 0 bridgehead atoms. The lowest BCUT2D eigenvalue weighted by Crippen LogP contribution is -2.29. The van der Waals surface area contributed by atoms with Gasteiger partial charge in [-0.15, -0.1) is 0 Å². The summed E-state index contributed by atoms with van der Waals surface area (Å²) in [4.78, 5) is 0. The first kappa shape index (κ1) is 11.1. The highest BCUT2D eigenvalue weighted by molar-refractivity contribution is 4.80. The molecule has 0 spiro atoms. The lowest BCUT2D eigenvalue weighted by molar-refractivity contribution is 0.123. The zero-order valence-electron chi connectivity index (χ0n) is 10.0. The molecular weight excluding hydrogens is 156 g/mol. The van der Waals surface area contributed by atoms with E-state index in [0.717, 1.165) is 29.6 Å². The van der Waals surface area contributed by atoms with Gasteiger partial charge in [-0.2, -0.15) is 0 Å². The third kappa shape index (κ3) is 2.72. The van der Waals surface area contributed by atoms with E-state index in [1.165, 1.54) is 19.3 Å². The van der Waals surface area contributed by atoms with E-state index >= 15 is 0 Å². The van der Waals surface area contributed by atoms with Gasteiger partial charge in [0.2, 0.25) is 0 Å². The molecule has 4 unspecified atom stereocenters. The number of hydrogen-bond acceptors (Lipinski definition) is 0. The summed E-state index contributed by atoms with van der Waals surface area (Å²) < 4.78 is 0. The third-order valence-electron chi connectivity index (χ3n) is 4.22. The molecule has 0 heterocycles. The largest absolute Gasteiger partial charge is 0.0625 e. The zero-order valence-corrected chi connectivity index (χ0v) is 10.0. The lowest BCUT2D eigenvalue weighted by Gasteiger charge is -2.38. The van der Waals surface area contributed by atoms with Crippen LogP contribution in [0.5, 0.6) is 0 Å². The Hall–Kier alpha value is 0. The topological polar surface area (TPSA) is 0 Å². The molecule has 0 nitrogen and oxygen atoms in total. The van der Waals surface area contributed by atoms with Gasteiger partial charge in [-0.3, -0.25) is 0 Å². The van der Waals surface area contributed by atoms with E-state index in [0.29, 0.717) is 0 Å². The van der Waals surface area contributed by atoms with Gasteiger partial charge in [-0.1, -0.05) is 41.0 Å². The van der Waals surface area contributed by atoms with Crippen molar-refractivity contribution in [1.29, 1.82) is 0 Å². The molecule has 78 valence electrons. The Morgan fingerprint density at radius 2 is 1.62 bits per heavy atom. The van der Waals surface area contributed by atoms with Crippen LogP contribution in [0, 0.1) is 29.6 Å². The monoisotopic (exact) mass is 182 g/mol. The maximum atomic E-state index is 2.46. The average molecular weight is 182 g/mol. The second-order valence-electron chi connectivity index (χ2n) is 5.66. The summed E-state index contributed by atoms with van der Waals surface area (Å²) in [5.74, 6) is 4.71. The molecule has 13 heavy (non-hydrogen) atoms. The average Bonchev–Trinajstić information content (AvgIpc) is 2.03. The molecule has 0 aromatic carbocycles. The van der Waals surface area contributed by atoms with Crippen LogP contribution < -0.4 is 0 Å². The van der Waals surface area contributed by atoms with Gasteiger partial charge in [-0.05, 0) is 42.4 Å². The van der Waals surface area contributed by atoms with Crippen molar-refractivity contribution < 1.29 is 0 Å². The quantitative estimate of drug-likeness (QED) is 0.595. The Morgan fingerprint density at radius 1 is 1.00 bits per heavy atom. The summed E-state index contributed by atoms with van der Waals surface area (Å²) in [5, 5.41) is 0. The Balaban J connectivity index is 2.50. The van der Waals surface area contributed by atoms with Gasteiger partial charge in [0.05, 0.1) is 0 Å². The van der Waals surface area contributed by atoms with Crippen LogP contribution in [0.1, 0.15) is 53.9 Å². The second kappa shape index (κ2) is 4.48. The van der Waals surface area contributed by atoms with Gasteiger partial charge in [0, 0.05) is 0 Å². The van der Waals surface area contributed by atoms with Gasteiger partial charge in [0.1, 0.15) is 0 Å². The molecule has 1 aliphatic rings. The van der Waals surface area contributed by atoms with Crippen molar-refractivity contribution in [1.82, 2.24) is 0 Å². The number of rotatable bonds is 2. The van der Waals surface area contributed by atoms with Crippen LogP contribution in [0.4, 0.5) is 0 Å². The minimum Gasteiger partial charge on any atom is -0.0625 e. The molecule has 0 N–H and O–H groups in total. The smallest absolute Gasteiger partial charge is 0.0360 e. The molecule has 1 aliphatic carbocycles. The first-order valence-corrected chi connectivity index (χ1v) is 6.02. The van der Waals surface area contributed by atoms with E-state index in [1.54, 1.807) is 0 Å². The van der Waals surface area contributed by atoms with Crippen molar-refractivity contribution in [2.24, 2.45) is 29.6 Å². The summed E-state index contributed by atoms with van der Waals surface area (Å²) in [7, 11) is 0. The van der Waals surface area contributed by atoms with E-state index in [-0.39, 0.29) is 0 Å². The molecule has 0 aromatic heterocycles. The second-order valence-corrected chi connectivity index (χ2v) is 5.66. The van der Waals surface area contributed by atoms with E-state index in [9.17, 15) is 0 Å². The highest BCUT2D eigenvalue weighted by Gasteiger charge is 2.30. The Labute approximate surface area is 84.1 Å². The Morgan fingerprint density at radius 3 is 2.08 bits per heavy atom. The molecule has 1 fully saturated rings. The van der Waals surface area contributed by atoms with Crippen molar-refractivity contribution in [3.8, 4) is 0 Å². The predicted molar refractivity (Wildman–Crippen MR) is 59.7 cm³/mol. The van der Waals surface area contributed by atoms with Crippen molar-refractivity contribution >= 4 is 0 Å². The van der Waals surface area contributed by atoms with Crippen LogP contribution in [0.15, 0.2) is 0 Å². The number of hydrogen-bond donors (Lipinski definition) is 0. The molecule has 0 radical (unpaired) electrons. The molecule has 0 aliphatic heterocycles. The highest BCUT2D eigenvalue weighted by Crippen LogP contribution is 2.39. The van der Waals surface area contributed by atoms with Gasteiger partial charge in [0.15, 0.2) is 0 Å².